The molecule has 6 nitrogen and oxygen atoms in total. The van der Waals surface area contributed by atoms with Crippen molar-refractivity contribution in [3.8, 4) is 6.07 Å². The van der Waals surface area contributed by atoms with Crippen LogP contribution in [-0.2, 0) is 14.3 Å². The number of esters is 2. The lowest BCUT2D eigenvalue weighted by Gasteiger charge is -2.07. The van der Waals surface area contributed by atoms with Crippen LogP contribution in [0, 0.1) is 11.3 Å². The minimum Gasteiger partial charge on any atom is -0.465 e. The van der Waals surface area contributed by atoms with Gasteiger partial charge in [0.1, 0.15) is 6.07 Å². The molecule has 0 aliphatic carbocycles. The number of hydrogen-bond acceptors (Lipinski definition) is 6. The standard InChI is InChI=1S/C14H13ClN2O4/c1-3-21-14(19)10(7-16)8-17-12-6-9(13(18)20-2)4-5-11(12)15/h4-6,8,17H,3H2,1-2H3/b10-8+. The molecule has 0 saturated heterocycles. The first-order valence-electron chi connectivity index (χ1n) is 5.95. The Morgan fingerprint density at radius 2 is 2.19 bits per heavy atom. The van der Waals surface area contributed by atoms with Crippen molar-refractivity contribution < 1.29 is 19.1 Å². The second-order valence-corrected chi connectivity index (χ2v) is 4.13. The molecule has 1 aromatic carbocycles. The number of methoxy groups -OCH3 is 1. The van der Waals surface area contributed by atoms with Crippen molar-refractivity contribution in [2.75, 3.05) is 19.0 Å². The predicted octanol–water partition coefficient (Wildman–Crippen LogP) is 2.51. The number of nitrogens with one attached hydrogen (secondary N) is 1. The molecule has 0 aliphatic heterocycles. The van der Waals surface area contributed by atoms with Crippen molar-refractivity contribution in [1.82, 2.24) is 0 Å². The van der Waals surface area contributed by atoms with E-state index in [0.717, 1.165) is 0 Å². The lowest BCUT2D eigenvalue weighted by Crippen LogP contribution is -2.08. The smallest absolute Gasteiger partial charge is 0.350 e. The minimum atomic E-state index is -0.743. The lowest BCUT2D eigenvalue weighted by molar-refractivity contribution is -0.138. The second kappa shape index (κ2) is 7.92. The molecule has 0 heterocycles. The van der Waals surface area contributed by atoms with E-state index in [4.69, 9.17) is 21.6 Å². The van der Waals surface area contributed by atoms with Gasteiger partial charge in [-0.25, -0.2) is 9.59 Å². The van der Waals surface area contributed by atoms with E-state index in [2.05, 4.69) is 10.1 Å². The number of carbonyl (C=O) groups excluding carboxylic acids is 2. The van der Waals surface area contributed by atoms with Gasteiger partial charge in [-0.1, -0.05) is 11.6 Å². The number of carbonyl (C=O) groups is 2. The molecule has 0 bridgehead atoms. The van der Waals surface area contributed by atoms with Crippen LogP contribution in [0.15, 0.2) is 30.0 Å². The third kappa shape index (κ3) is 4.51. The molecule has 1 aromatic rings. The largest absolute Gasteiger partial charge is 0.465 e. The molecular formula is C14H13ClN2O4. The molecule has 0 saturated carbocycles. The summed E-state index contributed by atoms with van der Waals surface area (Å²) < 4.78 is 9.31. The number of nitriles is 1. The SMILES string of the molecule is CCOC(=O)/C(C#N)=C/Nc1cc(C(=O)OC)ccc1Cl. The molecule has 0 atom stereocenters. The fraction of sp³-hybridized carbons (Fsp3) is 0.214. The monoisotopic (exact) mass is 308 g/mol. The number of rotatable bonds is 5. The van der Waals surface area contributed by atoms with Gasteiger partial charge in [-0.2, -0.15) is 5.26 Å². The summed E-state index contributed by atoms with van der Waals surface area (Å²) in [5.41, 5.74) is 0.431. The maximum absolute atomic E-state index is 11.4. The maximum atomic E-state index is 11.4. The van der Waals surface area contributed by atoms with E-state index < -0.39 is 11.9 Å². The highest BCUT2D eigenvalue weighted by atomic mass is 35.5. The highest BCUT2D eigenvalue weighted by Crippen LogP contribution is 2.23. The van der Waals surface area contributed by atoms with Crippen molar-refractivity contribution in [2.24, 2.45) is 0 Å². The van der Waals surface area contributed by atoms with Crippen molar-refractivity contribution >= 4 is 29.2 Å². The van der Waals surface area contributed by atoms with Crippen LogP contribution < -0.4 is 5.32 Å². The molecule has 7 heteroatoms. The normalized spacial score (nSPS) is 10.5. The fourth-order valence-corrected chi connectivity index (χ4v) is 1.55. The number of anilines is 1. The van der Waals surface area contributed by atoms with Crippen molar-refractivity contribution in [2.45, 2.75) is 6.92 Å². The van der Waals surface area contributed by atoms with E-state index in [1.165, 1.54) is 31.5 Å². The van der Waals surface area contributed by atoms with E-state index in [9.17, 15) is 9.59 Å². The number of halogens is 1. The predicted molar refractivity (Wildman–Crippen MR) is 76.7 cm³/mol. The zero-order chi connectivity index (χ0) is 15.8. The summed E-state index contributed by atoms with van der Waals surface area (Å²) in [6.07, 6.45) is 1.17. The highest BCUT2D eigenvalue weighted by molar-refractivity contribution is 6.33. The molecule has 1 N–H and O–H groups in total. The average Bonchev–Trinajstić information content (AvgIpc) is 2.49. The Balaban J connectivity index is 2.99. The Morgan fingerprint density at radius 3 is 2.76 bits per heavy atom. The minimum absolute atomic E-state index is 0.163. The summed E-state index contributed by atoms with van der Waals surface area (Å²) in [5, 5.41) is 11.9. The van der Waals surface area contributed by atoms with E-state index in [1.807, 2.05) is 0 Å². The van der Waals surface area contributed by atoms with Gasteiger partial charge in [0.2, 0.25) is 0 Å². The van der Waals surface area contributed by atoms with Crippen LogP contribution in [0.3, 0.4) is 0 Å². The zero-order valence-corrected chi connectivity index (χ0v) is 12.2. The number of nitrogens with zero attached hydrogens (tertiary/aromatic N) is 1. The first-order chi connectivity index (χ1) is 10.0. The Kier molecular flexibility index (Phi) is 6.24. The number of hydrogen-bond donors (Lipinski definition) is 1. The second-order valence-electron chi connectivity index (χ2n) is 3.72. The van der Waals surface area contributed by atoms with Crippen LogP contribution in [0.2, 0.25) is 5.02 Å². The van der Waals surface area contributed by atoms with Crippen LogP contribution >= 0.6 is 11.6 Å². The van der Waals surface area contributed by atoms with Gasteiger partial charge in [0.15, 0.2) is 5.57 Å². The Hall–Kier alpha value is -2.52. The van der Waals surface area contributed by atoms with Gasteiger partial charge in [0.25, 0.3) is 0 Å². The quantitative estimate of drug-likeness (QED) is 0.511. The van der Waals surface area contributed by atoms with E-state index in [1.54, 1.807) is 13.0 Å². The van der Waals surface area contributed by atoms with Crippen LogP contribution in [0.5, 0.6) is 0 Å². The molecule has 0 amide bonds. The summed E-state index contributed by atoms with van der Waals surface area (Å²) in [5.74, 6) is -1.27. The summed E-state index contributed by atoms with van der Waals surface area (Å²) in [6, 6.07) is 6.16. The van der Waals surface area contributed by atoms with Crippen LogP contribution in [0.4, 0.5) is 5.69 Å². The van der Waals surface area contributed by atoms with Crippen molar-refractivity contribution in [3.63, 3.8) is 0 Å². The first-order valence-corrected chi connectivity index (χ1v) is 6.33. The van der Waals surface area contributed by atoms with Gasteiger partial charge < -0.3 is 14.8 Å². The maximum Gasteiger partial charge on any atom is 0.350 e. The fourth-order valence-electron chi connectivity index (χ4n) is 1.38. The van der Waals surface area contributed by atoms with Gasteiger partial charge >= 0.3 is 11.9 Å². The Morgan fingerprint density at radius 1 is 1.48 bits per heavy atom. The van der Waals surface area contributed by atoms with Crippen molar-refractivity contribution in [3.05, 3.63) is 40.6 Å². The van der Waals surface area contributed by atoms with E-state index in [0.29, 0.717) is 10.7 Å². The zero-order valence-electron chi connectivity index (χ0n) is 11.5. The van der Waals surface area contributed by atoms with Gasteiger partial charge in [-0.15, -0.1) is 0 Å². The van der Waals surface area contributed by atoms with Crippen LogP contribution in [0.25, 0.3) is 0 Å². The summed E-state index contributed by atoms with van der Waals surface area (Å²) in [7, 11) is 1.26. The first kappa shape index (κ1) is 16.5. The van der Waals surface area contributed by atoms with Crippen LogP contribution in [0.1, 0.15) is 17.3 Å². The van der Waals surface area contributed by atoms with Gasteiger partial charge in [0.05, 0.1) is 30.0 Å². The molecule has 0 aliphatic rings. The lowest BCUT2D eigenvalue weighted by atomic mass is 10.2. The summed E-state index contributed by atoms with van der Waals surface area (Å²) in [4.78, 5) is 22.9. The average molecular weight is 309 g/mol. The summed E-state index contributed by atoms with van der Waals surface area (Å²) in [6.45, 7) is 1.80. The molecule has 0 fully saturated rings. The highest BCUT2D eigenvalue weighted by Gasteiger charge is 2.11. The van der Waals surface area contributed by atoms with Gasteiger partial charge in [-0.3, -0.25) is 0 Å². The molecule has 21 heavy (non-hydrogen) atoms. The third-order valence-electron chi connectivity index (χ3n) is 2.38. The molecule has 0 aromatic heterocycles. The molecule has 0 unspecified atom stereocenters. The number of ether oxygens (including phenoxy) is 2. The number of benzene rings is 1. The topological polar surface area (TPSA) is 88.4 Å². The van der Waals surface area contributed by atoms with E-state index in [-0.39, 0.29) is 17.7 Å². The van der Waals surface area contributed by atoms with Crippen molar-refractivity contribution in [1.29, 1.82) is 5.26 Å². The van der Waals surface area contributed by atoms with E-state index >= 15 is 0 Å². The molecule has 0 radical (unpaired) electrons. The van der Waals surface area contributed by atoms with Gasteiger partial charge in [0, 0.05) is 6.20 Å². The van der Waals surface area contributed by atoms with Gasteiger partial charge in [-0.05, 0) is 25.1 Å². The molecule has 1 rings (SSSR count). The summed E-state index contributed by atoms with van der Waals surface area (Å²) >= 11 is 5.97. The Labute approximate surface area is 126 Å². The third-order valence-corrected chi connectivity index (χ3v) is 2.70. The Bertz CT molecular complexity index is 620. The molecule has 0 spiro atoms. The van der Waals surface area contributed by atoms with Crippen LogP contribution in [-0.4, -0.2) is 25.7 Å². The molecule has 110 valence electrons. The molecular weight excluding hydrogens is 296 g/mol.